The lowest BCUT2D eigenvalue weighted by atomic mass is 10.2. The molecule has 0 atom stereocenters. The van der Waals surface area contributed by atoms with Crippen LogP contribution in [0.5, 0.6) is 0 Å². The Morgan fingerprint density at radius 2 is 2.13 bits per heavy atom. The SMILES string of the molecule is c1csc([Si]c2ccc3cc[nH]c3c2)c1. The van der Waals surface area contributed by atoms with Crippen LogP contribution in [-0.2, 0) is 0 Å². The van der Waals surface area contributed by atoms with Crippen molar-refractivity contribution in [2.45, 2.75) is 0 Å². The molecule has 0 unspecified atom stereocenters. The molecule has 72 valence electrons. The monoisotopic (exact) mass is 227 g/mol. The molecular weight excluding hydrogens is 218 g/mol. The first-order valence-corrected chi connectivity index (χ1v) is 6.67. The van der Waals surface area contributed by atoms with Crippen LogP contribution in [0, 0.1) is 0 Å². The van der Waals surface area contributed by atoms with Crippen LogP contribution in [-0.4, -0.2) is 14.5 Å². The Balaban J connectivity index is 1.97. The molecule has 0 saturated heterocycles. The number of hydrogen-bond acceptors (Lipinski definition) is 1. The molecule has 2 radical (unpaired) electrons. The van der Waals surface area contributed by atoms with Crippen LogP contribution < -0.4 is 9.69 Å². The maximum absolute atomic E-state index is 3.25. The Labute approximate surface area is 94.6 Å². The minimum atomic E-state index is 0.775. The van der Waals surface area contributed by atoms with Crippen molar-refractivity contribution in [1.82, 2.24) is 4.98 Å². The van der Waals surface area contributed by atoms with E-state index < -0.39 is 0 Å². The second-order valence-corrected chi connectivity index (χ2v) is 6.06. The first-order valence-electron chi connectivity index (χ1n) is 4.79. The lowest BCUT2D eigenvalue weighted by Gasteiger charge is -1.97. The van der Waals surface area contributed by atoms with Crippen molar-refractivity contribution >= 4 is 41.4 Å². The third-order valence-electron chi connectivity index (χ3n) is 2.34. The van der Waals surface area contributed by atoms with Crippen molar-refractivity contribution in [2.75, 3.05) is 0 Å². The predicted octanol–water partition coefficient (Wildman–Crippen LogP) is 1.88. The summed E-state index contributed by atoms with van der Waals surface area (Å²) in [5.41, 5.74) is 1.23. The molecule has 0 spiro atoms. The highest BCUT2D eigenvalue weighted by Crippen LogP contribution is 2.08. The first kappa shape index (κ1) is 8.94. The van der Waals surface area contributed by atoms with Gasteiger partial charge in [0.25, 0.3) is 0 Å². The van der Waals surface area contributed by atoms with Crippen LogP contribution in [0.1, 0.15) is 0 Å². The van der Waals surface area contributed by atoms with Gasteiger partial charge in [-0.05, 0) is 27.4 Å². The van der Waals surface area contributed by atoms with E-state index in [1.165, 1.54) is 20.6 Å². The van der Waals surface area contributed by atoms with Crippen LogP contribution in [0.4, 0.5) is 0 Å². The third kappa shape index (κ3) is 1.76. The Morgan fingerprint density at radius 1 is 1.13 bits per heavy atom. The first-order chi connectivity index (χ1) is 7.42. The zero-order valence-electron chi connectivity index (χ0n) is 8.03. The molecule has 1 nitrogen and oxygen atoms in total. The normalized spacial score (nSPS) is 10.9. The summed E-state index contributed by atoms with van der Waals surface area (Å²) in [7, 11) is 0.775. The van der Waals surface area contributed by atoms with Gasteiger partial charge in [0, 0.05) is 11.7 Å². The van der Waals surface area contributed by atoms with Crippen molar-refractivity contribution in [3.05, 3.63) is 48.0 Å². The number of benzene rings is 1. The van der Waals surface area contributed by atoms with Crippen molar-refractivity contribution in [2.24, 2.45) is 0 Å². The molecule has 1 N–H and O–H groups in total. The largest absolute Gasteiger partial charge is 0.361 e. The predicted molar refractivity (Wildman–Crippen MR) is 67.6 cm³/mol. The second-order valence-electron chi connectivity index (χ2n) is 3.38. The average Bonchev–Trinajstić information content (AvgIpc) is 2.87. The van der Waals surface area contributed by atoms with Gasteiger partial charge in [-0.2, -0.15) is 11.3 Å². The van der Waals surface area contributed by atoms with E-state index in [-0.39, 0.29) is 0 Å². The van der Waals surface area contributed by atoms with Crippen molar-refractivity contribution in [3.8, 4) is 0 Å². The maximum Gasteiger partial charge on any atom is 0.135 e. The van der Waals surface area contributed by atoms with Gasteiger partial charge in [0.1, 0.15) is 9.52 Å². The molecule has 3 rings (SSSR count). The van der Waals surface area contributed by atoms with Gasteiger partial charge in [-0.1, -0.05) is 29.5 Å². The molecule has 3 aromatic rings. The molecule has 2 heterocycles. The summed E-state index contributed by atoms with van der Waals surface area (Å²) in [5.74, 6) is 0. The molecule has 0 bridgehead atoms. The standard InChI is InChI=1S/C12H9NSSi/c1-2-12(14-7-1)15-10-4-3-9-5-6-13-11(9)8-10/h1-8,13H. The van der Waals surface area contributed by atoms with Gasteiger partial charge >= 0.3 is 0 Å². The number of nitrogens with one attached hydrogen (secondary N) is 1. The number of aromatic nitrogens is 1. The Bertz CT molecular complexity index is 568. The number of H-pyrrole nitrogens is 1. The van der Waals surface area contributed by atoms with Gasteiger partial charge in [0.2, 0.25) is 0 Å². The summed E-state index contributed by atoms with van der Waals surface area (Å²) in [5, 5.41) is 4.82. The molecule has 0 amide bonds. The second kappa shape index (κ2) is 3.68. The van der Waals surface area contributed by atoms with E-state index in [9.17, 15) is 0 Å². The number of thiophene rings is 1. The minimum Gasteiger partial charge on any atom is -0.361 e. The summed E-state index contributed by atoms with van der Waals surface area (Å²) in [6.45, 7) is 0. The summed E-state index contributed by atoms with van der Waals surface area (Å²) in [6.07, 6.45) is 1.99. The molecule has 15 heavy (non-hydrogen) atoms. The molecule has 0 saturated carbocycles. The van der Waals surface area contributed by atoms with Crippen LogP contribution in [0.15, 0.2) is 48.0 Å². The number of rotatable bonds is 2. The van der Waals surface area contributed by atoms with Crippen LogP contribution in [0.3, 0.4) is 0 Å². The Hall–Kier alpha value is -1.32. The van der Waals surface area contributed by atoms with Crippen LogP contribution in [0.25, 0.3) is 10.9 Å². The fourth-order valence-corrected chi connectivity index (χ4v) is 3.72. The van der Waals surface area contributed by atoms with Gasteiger partial charge < -0.3 is 4.98 Å². The Morgan fingerprint density at radius 3 is 3.00 bits per heavy atom. The molecule has 0 aliphatic carbocycles. The zero-order chi connectivity index (χ0) is 10.1. The highest BCUT2D eigenvalue weighted by Gasteiger charge is 2.01. The maximum atomic E-state index is 3.25. The number of aromatic amines is 1. The molecular formula is C12H9NSSi. The highest BCUT2D eigenvalue weighted by atomic mass is 32.1. The molecule has 2 aromatic heterocycles. The van der Waals surface area contributed by atoms with Gasteiger partial charge in [-0.3, -0.25) is 0 Å². The van der Waals surface area contributed by atoms with Gasteiger partial charge in [-0.25, -0.2) is 0 Å². The summed E-state index contributed by atoms with van der Waals surface area (Å²) in [6, 6.07) is 13.1. The summed E-state index contributed by atoms with van der Waals surface area (Å²) in [4.78, 5) is 3.25. The van der Waals surface area contributed by atoms with E-state index in [4.69, 9.17) is 0 Å². The van der Waals surface area contributed by atoms with Gasteiger partial charge in [0.05, 0.1) is 0 Å². The van der Waals surface area contributed by atoms with E-state index in [1.54, 1.807) is 0 Å². The van der Waals surface area contributed by atoms with E-state index in [0.717, 1.165) is 9.52 Å². The quantitative estimate of drug-likeness (QED) is 0.644. The summed E-state index contributed by atoms with van der Waals surface area (Å²) < 4.78 is 1.45. The fraction of sp³-hybridized carbons (Fsp3) is 0. The molecule has 0 aliphatic rings. The van der Waals surface area contributed by atoms with E-state index in [2.05, 4.69) is 46.8 Å². The fourth-order valence-electron chi connectivity index (χ4n) is 1.62. The molecule has 0 aliphatic heterocycles. The van der Waals surface area contributed by atoms with Gasteiger partial charge in [0.15, 0.2) is 0 Å². The smallest absolute Gasteiger partial charge is 0.135 e. The van der Waals surface area contributed by atoms with Gasteiger partial charge in [-0.15, -0.1) is 0 Å². The molecule has 1 aromatic carbocycles. The van der Waals surface area contributed by atoms with Crippen LogP contribution >= 0.6 is 11.3 Å². The lowest BCUT2D eigenvalue weighted by Crippen LogP contribution is -2.24. The lowest BCUT2D eigenvalue weighted by molar-refractivity contribution is 1.48. The third-order valence-corrected chi connectivity index (χ3v) is 4.70. The molecule has 3 heteroatoms. The topological polar surface area (TPSA) is 15.8 Å². The van der Waals surface area contributed by atoms with Crippen LogP contribution in [0.2, 0.25) is 0 Å². The van der Waals surface area contributed by atoms with E-state index in [0.29, 0.717) is 0 Å². The minimum absolute atomic E-state index is 0.775. The summed E-state index contributed by atoms with van der Waals surface area (Å²) >= 11 is 1.83. The van der Waals surface area contributed by atoms with Crippen molar-refractivity contribution < 1.29 is 0 Å². The Kier molecular flexibility index (Phi) is 2.19. The molecule has 0 fully saturated rings. The number of fused-ring (bicyclic) bond motifs is 1. The van der Waals surface area contributed by atoms with Crippen molar-refractivity contribution in [3.63, 3.8) is 0 Å². The average molecular weight is 227 g/mol. The van der Waals surface area contributed by atoms with E-state index >= 15 is 0 Å². The van der Waals surface area contributed by atoms with E-state index in [1.807, 2.05) is 17.5 Å². The zero-order valence-corrected chi connectivity index (χ0v) is 9.84. The highest BCUT2D eigenvalue weighted by molar-refractivity contribution is 7.20. The number of hydrogen-bond donors (Lipinski definition) is 1. The van der Waals surface area contributed by atoms with Crippen molar-refractivity contribution in [1.29, 1.82) is 0 Å².